The predicted octanol–water partition coefficient (Wildman–Crippen LogP) is 7.09. The van der Waals surface area contributed by atoms with Crippen LogP contribution in [0.5, 0.6) is 5.75 Å². The van der Waals surface area contributed by atoms with E-state index in [4.69, 9.17) is 4.74 Å². The number of methoxy groups -OCH3 is 1. The van der Waals surface area contributed by atoms with Crippen LogP contribution in [0.25, 0.3) is 5.57 Å². The number of hydrogen-bond donors (Lipinski definition) is 0. The van der Waals surface area contributed by atoms with Crippen molar-refractivity contribution < 1.29 is 9.13 Å². The molecule has 0 N–H and O–H groups in total. The van der Waals surface area contributed by atoms with Crippen molar-refractivity contribution in [3.8, 4) is 5.75 Å². The molecule has 2 aliphatic carbocycles. The summed E-state index contributed by atoms with van der Waals surface area (Å²) in [5, 5.41) is 0. The molecule has 28 heavy (non-hydrogen) atoms. The van der Waals surface area contributed by atoms with Gasteiger partial charge in [0.25, 0.3) is 0 Å². The Morgan fingerprint density at radius 2 is 1.75 bits per heavy atom. The molecular formula is C26H31FO. The Kier molecular flexibility index (Phi) is 5.85. The summed E-state index contributed by atoms with van der Waals surface area (Å²) in [6, 6.07) is 12.7. The van der Waals surface area contributed by atoms with E-state index < -0.39 is 0 Å². The van der Waals surface area contributed by atoms with Gasteiger partial charge >= 0.3 is 0 Å². The second-order valence-electron chi connectivity index (χ2n) is 8.49. The molecular weight excluding hydrogens is 347 g/mol. The van der Waals surface area contributed by atoms with Crippen LogP contribution in [0.1, 0.15) is 73.6 Å². The Balaban J connectivity index is 1.44. The van der Waals surface area contributed by atoms with Crippen molar-refractivity contribution in [2.75, 3.05) is 7.11 Å². The van der Waals surface area contributed by atoms with Crippen LogP contribution in [0.3, 0.4) is 0 Å². The van der Waals surface area contributed by atoms with E-state index in [1.54, 1.807) is 6.07 Å². The van der Waals surface area contributed by atoms with Crippen LogP contribution >= 0.6 is 0 Å². The maximum absolute atomic E-state index is 14.1. The molecule has 2 aromatic carbocycles. The normalized spacial score (nSPS) is 21.8. The maximum Gasteiger partial charge on any atom is 0.165 e. The van der Waals surface area contributed by atoms with Crippen LogP contribution in [-0.4, -0.2) is 7.11 Å². The Morgan fingerprint density at radius 3 is 2.43 bits per heavy atom. The number of ether oxygens (including phenoxy) is 1. The van der Waals surface area contributed by atoms with Gasteiger partial charge in [-0.1, -0.05) is 50.1 Å². The van der Waals surface area contributed by atoms with Gasteiger partial charge in [-0.25, -0.2) is 4.39 Å². The summed E-state index contributed by atoms with van der Waals surface area (Å²) in [7, 11) is 1.52. The molecule has 0 aromatic heterocycles. The molecule has 1 fully saturated rings. The Labute approximate surface area is 168 Å². The van der Waals surface area contributed by atoms with Gasteiger partial charge in [0.15, 0.2) is 11.6 Å². The first-order valence-corrected chi connectivity index (χ1v) is 10.8. The van der Waals surface area contributed by atoms with Crippen molar-refractivity contribution in [3.05, 3.63) is 70.5 Å². The lowest BCUT2D eigenvalue weighted by Gasteiger charge is -2.28. The lowest BCUT2D eigenvalue weighted by atomic mass is 9.77. The zero-order valence-electron chi connectivity index (χ0n) is 17.1. The molecule has 1 nitrogen and oxygen atoms in total. The van der Waals surface area contributed by atoms with E-state index in [0.29, 0.717) is 5.75 Å². The number of benzene rings is 2. The van der Waals surface area contributed by atoms with Gasteiger partial charge in [-0.3, -0.25) is 0 Å². The molecule has 148 valence electrons. The molecule has 0 atom stereocenters. The standard InChI is InChI=1S/C26H31FO/c1-3-4-18-5-7-19(8-6-18)20-9-11-21(12-10-20)22-13-14-23-17-26(28-2)25(27)16-24(23)15-22/h9-13,16-19H,3-8,14-15H2,1-2H3. The monoisotopic (exact) mass is 378 g/mol. The minimum Gasteiger partial charge on any atom is -0.494 e. The molecule has 0 unspecified atom stereocenters. The zero-order valence-corrected chi connectivity index (χ0v) is 17.1. The molecule has 0 heterocycles. The van der Waals surface area contributed by atoms with E-state index in [0.717, 1.165) is 30.2 Å². The number of hydrogen-bond acceptors (Lipinski definition) is 1. The van der Waals surface area contributed by atoms with Crippen LogP contribution in [0.2, 0.25) is 0 Å². The minimum atomic E-state index is -0.267. The third-order valence-corrected chi connectivity index (χ3v) is 6.72. The molecule has 2 aromatic rings. The fourth-order valence-electron chi connectivity index (χ4n) is 5.04. The van der Waals surface area contributed by atoms with Gasteiger partial charge in [-0.15, -0.1) is 0 Å². The van der Waals surface area contributed by atoms with E-state index in [9.17, 15) is 4.39 Å². The lowest BCUT2D eigenvalue weighted by molar-refractivity contribution is 0.308. The van der Waals surface area contributed by atoms with Crippen molar-refractivity contribution in [1.82, 2.24) is 0 Å². The quantitative estimate of drug-likeness (QED) is 0.539. The number of rotatable bonds is 5. The molecule has 2 heteroatoms. The van der Waals surface area contributed by atoms with Crippen LogP contribution in [0, 0.1) is 11.7 Å². The zero-order chi connectivity index (χ0) is 19.5. The molecule has 0 radical (unpaired) electrons. The Morgan fingerprint density at radius 1 is 1.00 bits per heavy atom. The molecule has 0 saturated heterocycles. The average molecular weight is 379 g/mol. The highest BCUT2D eigenvalue weighted by molar-refractivity contribution is 5.71. The Bertz CT molecular complexity index is 841. The van der Waals surface area contributed by atoms with Crippen LogP contribution < -0.4 is 4.74 Å². The molecule has 1 saturated carbocycles. The van der Waals surface area contributed by atoms with Gasteiger partial charge in [-0.2, -0.15) is 0 Å². The summed E-state index contributed by atoms with van der Waals surface area (Å²) in [6.07, 6.45) is 12.1. The molecule has 0 spiro atoms. The van der Waals surface area contributed by atoms with Crippen LogP contribution in [-0.2, 0) is 12.8 Å². The lowest BCUT2D eigenvalue weighted by Crippen LogP contribution is -2.13. The SMILES string of the molecule is CCCC1CCC(c2ccc(C3=CCc4cc(OC)c(F)cc4C3)cc2)CC1. The fraction of sp³-hybridized carbons (Fsp3) is 0.462. The first kappa shape index (κ1) is 19.2. The predicted molar refractivity (Wildman–Crippen MR) is 114 cm³/mol. The number of fused-ring (bicyclic) bond motifs is 1. The number of halogens is 1. The van der Waals surface area contributed by atoms with Gasteiger partial charge < -0.3 is 4.74 Å². The molecule has 0 bridgehead atoms. The summed E-state index contributed by atoms with van der Waals surface area (Å²) < 4.78 is 19.2. The highest BCUT2D eigenvalue weighted by Gasteiger charge is 2.22. The van der Waals surface area contributed by atoms with Crippen molar-refractivity contribution in [2.24, 2.45) is 5.92 Å². The summed E-state index contributed by atoms with van der Waals surface area (Å²) in [5.74, 6) is 1.75. The summed E-state index contributed by atoms with van der Waals surface area (Å²) in [4.78, 5) is 0. The first-order chi connectivity index (χ1) is 13.7. The fourth-order valence-corrected chi connectivity index (χ4v) is 5.04. The minimum absolute atomic E-state index is 0.267. The highest BCUT2D eigenvalue weighted by atomic mass is 19.1. The average Bonchev–Trinajstić information content (AvgIpc) is 2.74. The smallest absolute Gasteiger partial charge is 0.165 e. The number of allylic oxidation sites excluding steroid dienone is 2. The van der Waals surface area contributed by atoms with E-state index >= 15 is 0 Å². The van der Waals surface area contributed by atoms with Crippen molar-refractivity contribution in [2.45, 2.75) is 64.2 Å². The first-order valence-electron chi connectivity index (χ1n) is 10.8. The van der Waals surface area contributed by atoms with Gasteiger partial charge in [0, 0.05) is 0 Å². The molecule has 0 amide bonds. The van der Waals surface area contributed by atoms with Gasteiger partial charge in [0.05, 0.1) is 7.11 Å². The van der Waals surface area contributed by atoms with Gasteiger partial charge in [0.1, 0.15) is 0 Å². The van der Waals surface area contributed by atoms with Crippen molar-refractivity contribution >= 4 is 5.57 Å². The van der Waals surface area contributed by atoms with Crippen molar-refractivity contribution in [1.29, 1.82) is 0 Å². The summed E-state index contributed by atoms with van der Waals surface area (Å²) in [5.41, 5.74) is 6.31. The molecule has 2 aliphatic rings. The topological polar surface area (TPSA) is 9.23 Å². The third kappa shape index (κ3) is 4.01. The van der Waals surface area contributed by atoms with Crippen LogP contribution in [0.4, 0.5) is 4.39 Å². The van der Waals surface area contributed by atoms with Gasteiger partial charge in [-0.05, 0) is 90.3 Å². The summed E-state index contributed by atoms with van der Waals surface area (Å²) >= 11 is 0. The van der Waals surface area contributed by atoms with Crippen molar-refractivity contribution in [3.63, 3.8) is 0 Å². The maximum atomic E-state index is 14.1. The largest absolute Gasteiger partial charge is 0.494 e. The van der Waals surface area contributed by atoms with Gasteiger partial charge in [0.2, 0.25) is 0 Å². The van der Waals surface area contributed by atoms with E-state index in [1.165, 1.54) is 67.9 Å². The highest BCUT2D eigenvalue weighted by Crippen LogP contribution is 2.38. The van der Waals surface area contributed by atoms with Crippen LogP contribution in [0.15, 0.2) is 42.5 Å². The summed E-state index contributed by atoms with van der Waals surface area (Å²) in [6.45, 7) is 2.30. The molecule has 4 rings (SSSR count). The molecule has 0 aliphatic heterocycles. The second kappa shape index (κ2) is 8.51. The Hall–Kier alpha value is -2.09. The second-order valence-corrected chi connectivity index (χ2v) is 8.49. The van der Waals surface area contributed by atoms with E-state index in [-0.39, 0.29) is 5.82 Å². The van der Waals surface area contributed by atoms with E-state index in [2.05, 4.69) is 37.3 Å². The third-order valence-electron chi connectivity index (χ3n) is 6.72. The van der Waals surface area contributed by atoms with E-state index in [1.807, 2.05) is 6.07 Å².